The summed E-state index contributed by atoms with van der Waals surface area (Å²) in [7, 11) is 0. The summed E-state index contributed by atoms with van der Waals surface area (Å²) < 4.78 is 20.4. The van der Waals surface area contributed by atoms with E-state index >= 15 is 0 Å². The number of carbonyl (C=O) groups is 1. The van der Waals surface area contributed by atoms with Crippen LogP contribution in [0.2, 0.25) is 0 Å². The van der Waals surface area contributed by atoms with E-state index in [2.05, 4.69) is 15.6 Å². The van der Waals surface area contributed by atoms with Gasteiger partial charge >= 0.3 is 0 Å². The molecule has 0 fully saturated rings. The molecule has 0 aliphatic rings. The number of carbonyl (C=O) groups excluding carboxylic acids is 1. The van der Waals surface area contributed by atoms with E-state index < -0.39 is 0 Å². The van der Waals surface area contributed by atoms with E-state index in [1.54, 1.807) is 47.3 Å². The van der Waals surface area contributed by atoms with Gasteiger partial charge in [0.2, 0.25) is 0 Å². The molecule has 1 amide bonds. The maximum absolute atomic E-state index is 13.1. The molecule has 2 aromatic carbocycles. The zero-order valence-electron chi connectivity index (χ0n) is 16.8. The van der Waals surface area contributed by atoms with E-state index in [-0.39, 0.29) is 17.8 Å². The summed E-state index contributed by atoms with van der Waals surface area (Å²) >= 11 is 0. The van der Waals surface area contributed by atoms with Crippen LogP contribution in [0.15, 0.2) is 53.6 Å². The van der Waals surface area contributed by atoms with Crippen molar-refractivity contribution in [2.75, 3.05) is 0 Å². The molecule has 0 saturated carbocycles. The number of amides is 1. The molecular weight excluding hydrogens is 371 g/mol. The van der Waals surface area contributed by atoms with E-state index in [4.69, 9.17) is 4.74 Å². The Morgan fingerprint density at radius 2 is 1.79 bits per heavy atom. The fourth-order valence-electron chi connectivity index (χ4n) is 2.85. The number of halogens is 1. The van der Waals surface area contributed by atoms with Crippen LogP contribution in [-0.4, -0.2) is 28.0 Å². The quantitative estimate of drug-likeness (QED) is 0.504. The average Bonchev–Trinajstić information content (AvgIpc) is 2.97. The molecule has 150 valence electrons. The Labute approximate surface area is 169 Å². The smallest absolute Gasteiger partial charge is 0.271 e. The third-order valence-electron chi connectivity index (χ3n) is 4.27. The summed E-state index contributed by atoms with van der Waals surface area (Å²) in [6.07, 6.45) is 1.63. The fourth-order valence-corrected chi connectivity index (χ4v) is 2.85. The number of hydrogen-bond donors (Lipinski definition) is 1. The molecule has 1 aromatic heterocycles. The van der Waals surface area contributed by atoms with Crippen molar-refractivity contribution in [3.63, 3.8) is 0 Å². The maximum atomic E-state index is 13.1. The lowest BCUT2D eigenvalue weighted by molar-refractivity contribution is 0.0955. The van der Waals surface area contributed by atoms with Gasteiger partial charge in [-0.3, -0.25) is 4.79 Å². The minimum absolute atomic E-state index is 0.0709. The SMILES string of the molecule is Cc1nn(-c2ccc(F)cc2)c(C)c1/C=N\NC(=O)c1ccc(OC(C)C)cc1. The lowest BCUT2D eigenvalue weighted by Gasteiger charge is -2.09. The van der Waals surface area contributed by atoms with Crippen LogP contribution in [0.1, 0.15) is 41.2 Å². The Kier molecular flexibility index (Phi) is 6.07. The highest BCUT2D eigenvalue weighted by molar-refractivity contribution is 5.95. The van der Waals surface area contributed by atoms with E-state index in [0.717, 1.165) is 22.6 Å². The van der Waals surface area contributed by atoms with Crippen LogP contribution in [0.3, 0.4) is 0 Å². The van der Waals surface area contributed by atoms with Crippen LogP contribution >= 0.6 is 0 Å². The van der Waals surface area contributed by atoms with Crippen LogP contribution < -0.4 is 10.2 Å². The highest BCUT2D eigenvalue weighted by Gasteiger charge is 2.12. The summed E-state index contributed by atoms with van der Waals surface area (Å²) in [5.41, 5.74) is 6.12. The van der Waals surface area contributed by atoms with Gasteiger partial charge in [-0.25, -0.2) is 14.5 Å². The molecule has 29 heavy (non-hydrogen) atoms. The van der Waals surface area contributed by atoms with Crippen molar-refractivity contribution < 1.29 is 13.9 Å². The molecule has 3 rings (SSSR count). The molecule has 0 saturated heterocycles. The lowest BCUT2D eigenvalue weighted by atomic mass is 10.2. The number of aromatic nitrogens is 2. The first-order valence-corrected chi connectivity index (χ1v) is 9.27. The minimum atomic E-state index is -0.321. The monoisotopic (exact) mass is 394 g/mol. The van der Waals surface area contributed by atoms with Crippen molar-refractivity contribution >= 4 is 12.1 Å². The molecule has 0 unspecified atom stereocenters. The van der Waals surface area contributed by atoms with Crippen LogP contribution in [0, 0.1) is 19.7 Å². The first-order valence-electron chi connectivity index (χ1n) is 9.27. The zero-order chi connectivity index (χ0) is 21.0. The number of nitrogens with one attached hydrogen (secondary N) is 1. The Hall–Kier alpha value is -3.48. The molecule has 7 heteroatoms. The minimum Gasteiger partial charge on any atom is -0.491 e. The molecule has 0 bridgehead atoms. The molecule has 0 radical (unpaired) electrons. The fraction of sp³-hybridized carbons (Fsp3) is 0.227. The van der Waals surface area contributed by atoms with Crippen molar-refractivity contribution in [2.45, 2.75) is 33.8 Å². The summed E-state index contributed by atoms with van der Waals surface area (Å²) in [6, 6.07) is 13.0. The average molecular weight is 394 g/mol. The van der Waals surface area contributed by atoms with Gasteiger partial charge in [0.15, 0.2) is 0 Å². The van der Waals surface area contributed by atoms with Gasteiger partial charge in [0.1, 0.15) is 11.6 Å². The van der Waals surface area contributed by atoms with Gasteiger partial charge < -0.3 is 4.74 Å². The number of rotatable bonds is 6. The van der Waals surface area contributed by atoms with Gasteiger partial charge in [-0.1, -0.05) is 0 Å². The molecule has 0 aliphatic heterocycles. The molecule has 1 heterocycles. The lowest BCUT2D eigenvalue weighted by Crippen LogP contribution is -2.17. The van der Waals surface area contributed by atoms with Crippen LogP contribution in [0.4, 0.5) is 4.39 Å². The molecule has 0 aliphatic carbocycles. The van der Waals surface area contributed by atoms with Crippen LogP contribution in [-0.2, 0) is 0 Å². The van der Waals surface area contributed by atoms with Crippen LogP contribution in [0.25, 0.3) is 5.69 Å². The van der Waals surface area contributed by atoms with Gasteiger partial charge in [0, 0.05) is 11.1 Å². The Morgan fingerprint density at radius 3 is 2.41 bits per heavy atom. The molecule has 0 atom stereocenters. The zero-order valence-corrected chi connectivity index (χ0v) is 16.8. The second kappa shape index (κ2) is 8.68. The first-order chi connectivity index (χ1) is 13.8. The van der Waals surface area contributed by atoms with Gasteiger partial charge in [0.25, 0.3) is 5.91 Å². The van der Waals surface area contributed by atoms with Crippen LogP contribution in [0.5, 0.6) is 5.75 Å². The summed E-state index contributed by atoms with van der Waals surface area (Å²) in [4.78, 5) is 12.3. The second-order valence-corrected chi connectivity index (χ2v) is 6.86. The predicted molar refractivity (Wildman–Crippen MR) is 110 cm³/mol. The Balaban J connectivity index is 1.70. The summed E-state index contributed by atoms with van der Waals surface area (Å²) in [6.45, 7) is 7.62. The van der Waals surface area contributed by atoms with Gasteiger partial charge in [-0.2, -0.15) is 10.2 Å². The highest BCUT2D eigenvalue weighted by atomic mass is 19.1. The van der Waals surface area contributed by atoms with Crippen molar-refractivity contribution in [2.24, 2.45) is 5.10 Å². The maximum Gasteiger partial charge on any atom is 0.271 e. The van der Waals surface area contributed by atoms with Gasteiger partial charge in [-0.15, -0.1) is 0 Å². The summed E-state index contributed by atoms with van der Waals surface area (Å²) in [5, 5.41) is 8.54. The van der Waals surface area contributed by atoms with E-state index in [1.807, 2.05) is 27.7 Å². The number of ether oxygens (including phenoxy) is 1. The predicted octanol–water partition coefficient (Wildman–Crippen LogP) is 4.18. The Morgan fingerprint density at radius 1 is 1.14 bits per heavy atom. The van der Waals surface area contributed by atoms with Crippen molar-refractivity contribution in [3.8, 4) is 11.4 Å². The number of aryl methyl sites for hydroxylation is 1. The second-order valence-electron chi connectivity index (χ2n) is 6.86. The largest absolute Gasteiger partial charge is 0.491 e. The molecule has 0 spiro atoms. The topological polar surface area (TPSA) is 68.5 Å². The molecule has 6 nitrogen and oxygen atoms in total. The summed E-state index contributed by atoms with van der Waals surface area (Å²) in [5.74, 6) is 0.0849. The van der Waals surface area contributed by atoms with Gasteiger partial charge in [0.05, 0.1) is 29.4 Å². The molecular formula is C22H23FN4O2. The first kappa shape index (κ1) is 20.3. The van der Waals surface area contributed by atoms with Gasteiger partial charge in [-0.05, 0) is 76.2 Å². The number of nitrogens with zero attached hydrogens (tertiary/aromatic N) is 3. The Bertz CT molecular complexity index is 1020. The van der Waals surface area contributed by atoms with E-state index in [1.165, 1.54) is 12.1 Å². The number of hydrogen-bond acceptors (Lipinski definition) is 4. The number of benzene rings is 2. The van der Waals surface area contributed by atoms with Crippen molar-refractivity contribution in [3.05, 3.63) is 76.9 Å². The molecule has 1 N–H and O–H groups in total. The van der Waals surface area contributed by atoms with E-state index in [9.17, 15) is 9.18 Å². The number of hydrazone groups is 1. The third kappa shape index (κ3) is 4.87. The standard InChI is InChI=1S/C22H23FN4O2/c1-14(2)29-20-11-5-17(6-12-20)22(28)25-24-13-21-15(3)26-27(16(21)4)19-9-7-18(23)8-10-19/h5-14H,1-4H3,(H,25,28)/b24-13-. The normalized spacial score (nSPS) is 11.2. The molecule has 3 aromatic rings. The highest BCUT2D eigenvalue weighted by Crippen LogP contribution is 2.17. The van der Waals surface area contributed by atoms with Crippen molar-refractivity contribution in [1.82, 2.24) is 15.2 Å². The van der Waals surface area contributed by atoms with E-state index in [0.29, 0.717) is 11.3 Å². The van der Waals surface area contributed by atoms with Crippen molar-refractivity contribution in [1.29, 1.82) is 0 Å². The third-order valence-corrected chi connectivity index (χ3v) is 4.27.